The lowest BCUT2D eigenvalue weighted by atomic mass is 9.99. The quantitative estimate of drug-likeness (QED) is 0.0222. The van der Waals surface area contributed by atoms with Gasteiger partial charge < -0.3 is 33.8 Å². The highest BCUT2D eigenvalue weighted by molar-refractivity contribution is 7.47. The van der Waals surface area contributed by atoms with Crippen molar-refractivity contribution in [3.63, 3.8) is 0 Å². The average molecular weight is 1470 g/mol. The number of carbonyl (C=O) groups is 4. The fraction of sp³-hybridized carbons (Fsp3) is 0.951. The number of phosphoric acid groups is 2. The van der Waals surface area contributed by atoms with E-state index in [4.69, 9.17) is 37.0 Å². The Morgan fingerprint density at radius 1 is 0.280 bits per heavy atom. The van der Waals surface area contributed by atoms with Gasteiger partial charge >= 0.3 is 39.5 Å². The molecule has 0 fully saturated rings. The van der Waals surface area contributed by atoms with Gasteiger partial charge in [-0.05, 0) is 31.6 Å². The van der Waals surface area contributed by atoms with Gasteiger partial charge in [0, 0.05) is 25.7 Å². The molecule has 0 spiro atoms. The molecule has 6 atom stereocenters. The normalized spacial score (nSPS) is 14.1. The van der Waals surface area contributed by atoms with Crippen molar-refractivity contribution in [3.8, 4) is 0 Å². The molecular formula is C81H158O17P2. The minimum atomic E-state index is -4.96. The molecular weight excluding hydrogens is 1310 g/mol. The van der Waals surface area contributed by atoms with E-state index in [0.717, 1.165) is 102 Å². The second-order valence-corrected chi connectivity index (χ2v) is 32.3. The van der Waals surface area contributed by atoms with E-state index in [9.17, 15) is 43.2 Å². The average Bonchev–Trinajstić information content (AvgIpc) is 0.917. The third-order valence-corrected chi connectivity index (χ3v) is 21.3. The highest BCUT2D eigenvalue weighted by Gasteiger charge is 2.30. The second kappa shape index (κ2) is 73.9. The monoisotopic (exact) mass is 1470 g/mol. The molecule has 0 aliphatic rings. The highest BCUT2D eigenvalue weighted by atomic mass is 31.2. The summed E-state index contributed by atoms with van der Waals surface area (Å²) in [4.78, 5) is 72.9. The number of unbranched alkanes of at least 4 members (excludes halogenated alkanes) is 52. The zero-order valence-corrected chi connectivity index (χ0v) is 67.1. The van der Waals surface area contributed by atoms with Crippen molar-refractivity contribution < 1.29 is 80.2 Å². The van der Waals surface area contributed by atoms with Crippen LogP contribution in [0.1, 0.15) is 433 Å². The van der Waals surface area contributed by atoms with Gasteiger partial charge in [-0.2, -0.15) is 0 Å². The molecule has 0 aromatic carbocycles. The van der Waals surface area contributed by atoms with Crippen molar-refractivity contribution in [2.45, 2.75) is 451 Å². The number of hydrogen-bond donors (Lipinski definition) is 3. The lowest BCUT2D eigenvalue weighted by Gasteiger charge is -2.21. The Morgan fingerprint density at radius 2 is 0.480 bits per heavy atom. The van der Waals surface area contributed by atoms with E-state index in [1.807, 2.05) is 0 Å². The Balaban J connectivity index is 5.20. The van der Waals surface area contributed by atoms with E-state index in [1.165, 1.54) is 250 Å². The molecule has 0 amide bonds. The van der Waals surface area contributed by atoms with Gasteiger partial charge in [0.2, 0.25) is 0 Å². The third-order valence-electron chi connectivity index (χ3n) is 19.4. The SMILES string of the molecule is CCCCCCCCCCCCCCCCCCCCCC(=O)OC[C@H](COP(=O)(O)OC[C@@H](O)COP(=O)(O)OC[C@@H](COC(=O)CCCCCCCCCC)OC(=O)CCCCCCCCCCCCC(C)CC)OC(=O)CCCCCCCCCCCCCCCCCCCCC. The molecule has 0 heterocycles. The molecule has 0 aromatic rings. The first-order chi connectivity index (χ1) is 48.6. The fourth-order valence-corrected chi connectivity index (χ4v) is 14.1. The lowest BCUT2D eigenvalue weighted by Crippen LogP contribution is -2.30. The van der Waals surface area contributed by atoms with Gasteiger partial charge in [-0.1, -0.05) is 381 Å². The highest BCUT2D eigenvalue weighted by Crippen LogP contribution is 2.45. The van der Waals surface area contributed by atoms with Crippen LogP contribution in [0.15, 0.2) is 0 Å². The molecule has 3 N–H and O–H groups in total. The first-order valence-electron chi connectivity index (χ1n) is 42.2. The summed E-state index contributed by atoms with van der Waals surface area (Å²) >= 11 is 0. The number of aliphatic hydroxyl groups is 1. The van der Waals surface area contributed by atoms with Crippen LogP contribution in [0, 0.1) is 5.92 Å². The van der Waals surface area contributed by atoms with Crippen LogP contribution < -0.4 is 0 Å². The van der Waals surface area contributed by atoms with Gasteiger partial charge in [-0.3, -0.25) is 37.3 Å². The number of carbonyl (C=O) groups excluding carboxylic acids is 4. The van der Waals surface area contributed by atoms with E-state index in [-0.39, 0.29) is 25.7 Å². The zero-order chi connectivity index (χ0) is 73.4. The summed E-state index contributed by atoms with van der Waals surface area (Å²) in [5.41, 5.74) is 0. The van der Waals surface area contributed by atoms with Crippen molar-refractivity contribution in [1.82, 2.24) is 0 Å². The predicted octanol–water partition coefficient (Wildman–Crippen LogP) is 24.4. The Kier molecular flexibility index (Phi) is 72.5. The Hall–Kier alpha value is -1.94. The summed E-state index contributed by atoms with van der Waals surface area (Å²) in [6, 6.07) is 0. The van der Waals surface area contributed by atoms with E-state index < -0.39 is 97.5 Å². The van der Waals surface area contributed by atoms with Gasteiger partial charge in [0.1, 0.15) is 19.3 Å². The molecule has 0 saturated heterocycles. The Bertz CT molecular complexity index is 1910. The van der Waals surface area contributed by atoms with Crippen molar-refractivity contribution in [2.24, 2.45) is 5.92 Å². The first-order valence-corrected chi connectivity index (χ1v) is 45.2. The number of phosphoric ester groups is 2. The molecule has 0 saturated carbocycles. The van der Waals surface area contributed by atoms with Gasteiger partial charge in [0.15, 0.2) is 12.2 Å². The first kappa shape index (κ1) is 98.1. The van der Waals surface area contributed by atoms with Gasteiger partial charge in [0.05, 0.1) is 26.4 Å². The summed E-state index contributed by atoms with van der Waals surface area (Å²) in [5.74, 6) is -1.31. The summed E-state index contributed by atoms with van der Waals surface area (Å²) in [6.45, 7) is 7.33. The molecule has 0 bridgehead atoms. The molecule has 594 valence electrons. The van der Waals surface area contributed by atoms with E-state index in [2.05, 4.69) is 34.6 Å². The van der Waals surface area contributed by atoms with Gasteiger partial charge in [-0.15, -0.1) is 0 Å². The molecule has 0 radical (unpaired) electrons. The van der Waals surface area contributed by atoms with Crippen LogP contribution in [0.3, 0.4) is 0 Å². The number of aliphatic hydroxyl groups excluding tert-OH is 1. The number of hydrogen-bond acceptors (Lipinski definition) is 15. The standard InChI is InChI=1S/C81H158O17P2/c1-6-10-13-16-19-22-24-26-28-30-32-34-36-38-40-45-50-55-60-65-79(84)92-71-77(98-80(85)66-61-56-51-46-41-39-37-35-33-31-29-27-25-23-20-17-14-11-7-2)73-96-100(89,90)94-69-75(82)68-93-99(87,88)95-72-76(70-91-78(83)64-59-54-49-21-18-15-12-8-3)97-81(86)67-62-57-52-47-43-42-44-48-53-58-63-74(5)9-4/h74-77,82H,6-73H2,1-5H3,(H,87,88)(H,89,90)/t74?,75-,76+,77+/m0/s1. The lowest BCUT2D eigenvalue weighted by molar-refractivity contribution is -0.161. The predicted molar refractivity (Wildman–Crippen MR) is 409 cm³/mol. The van der Waals surface area contributed by atoms with Crippen LogP contribution >= 0.6 is 15.6 Å². The zero-order valence-electron chi connectivity index (χ0n) is 65.3. The van der Waals surface area contributed by atoms with E-state index in [0.29, 0.717) is 25.7 Å². The third kappa shape index (κ3) is 73.0. The Labute approximate surface area is 613 Å². The smallest absolute Gasteiger partial charge is 0.462 e. The van der Waals surface area contributed by atoms with Crippen molar-refractivity contribution >= 4 is 39.5 Å². The van der Waals surface area contributed by atoms with Crippen molar-refractivity contribution in [1.29, 1.82) is 0 Å². The maximum absolute atomic E-state index is 13.1. The van der Waals surface area contributed by atoms with Crippen LogP contribution in [0.5, 0.6) is 0 Å². The molecule has 0 aliphatic heterocycles. The van der Waals surface area contributed by atoms with Crippen LogP contribution in [0.4, 0.5) is 0 Å². The van der Waals surface area contributed by atoms with Gasteiger partial charge in [-0.25, -0.2) is 9.13 Å². The largest absolute Gasteiger partial charge is 0.472 e. The molecule has 0 aliphatic carbocycles. The van der Waals surface area contributed by atoms with E-state index in [1.54, 1.807) is 0 Å². The van der Waals surface area contributed by atoms with Crippen molar-refractivity contribution in [3.05, 3.63) is 0 Å². The fourth-order valence-electron chi connectivity index (χ4n) is 12.6. The molecule has 0 aromatic heterocycles. The summed E-state index contributed by atoms with van der Waals surface area (Å²) in [7, 11) is -9.91. The molecule has 100 heavy (non-hydrogen) atoms. The van der Waals surface area contributed by atoms with Crippen LogP contribution in [-0.2, 0) is 65.4 Å². The number of ether oxygens (including phenoxy) is 4. The molecule has 19 heteroatoms. The minimum absolute atomic E-state index is 0.107. The van der Waals surface area contributed by atoms with Gasteiger partial charge in [0.25, 0.3) is 0 Å². The summed E-state index contributed by atoms with van der Waals surface area (Å²) in [6.07, 6.45) is 65.3. The van der Waals surface area contributed by atoms with Crippen LogP contribution in [-0.4, -0.2) is 96.7 Å². The second-order valence-electron chi connectivity index (χ2n) is 29.4. The van der Waals surface area contributed by atoms with Crippen molar-refractivity contribution in [2.75, 3.05) is 39.6 Å². The number of rotatable bonds is 81. The summed E-state index contributed by atoms with van der Waals surface area (Å²) in [5, 5.41) is 10.6. The summed E-state index contributed by atoms with van der Waals surface area (Å²) < 4.78 is 68.6. The Morgan fingerprint density at radius 3 is 0.710 bits per heavy atom. The van der Waals surface area contributed by atoms with E-state index >= 15 is 0 Å². The molecule has 17 nitrogen and oxygen atoms in total. The molecule has 3 unspecified atom stereocenters. The maximum Gasteiger partial charge on any atom is 0.472 e. The van der Waals surface area contributed by atoms with Crippen LogP contribution in [0.2, 0.25) is 0 Å². The number of esters is 4. The van der Waals surface area contributed by atoms with Crippen LogP contribution in [0.25, 0.3) is 0 Å². The topological polar surface area (TPSA) is 237 Å². The maximum atomic E-state index is 13.1. The minimum Gasteiger partial charge on any atom is -0.462 e. The molecule has 0 rings (SSSR count).